The van der Waals surface area contributed by atoms with Crippen molar-refractivity contribution in [2.24, 2.45) is 0 Å². The normalized spacial score (nSPS) is 31.1. The first-order valence-corrected chi connectivity index (χ1v) is 5.42. The lowest BCUT2D eigenvalue weighted by Crippen LogP contribution is -2.66. The standard InChI is InChI=1S/C12H16N2/c1-2-4-10(5-3-1)7-14-8-11-6-12(9-14)13-11/h1-5,11-13H,6-9H2/t11-,12-/m1/s1. The summed E-state index contributed by atoms with van der Waals surface area (Å²) >= 11 is 0. The number of hydrogen-bond acceptors (Lipinski definition) is 2. The summed E-state index contributed by atoms with van der Waals surface area (Å²) in [6, 6.07) is 12.3. The van der Waals surface area contributed by atoms with E-state index in [9.17, 15) is 0 Å². The molecule has 1 N–H and O–H groups in total. The molecule has 0 amide bonds. The first-order chi connectivity index (χ1) is 6.90. The molecule has 14 heavy (non-hydrogen) atoms. The molecule has 0 radical (unpaired) electrons. The maximum absolute atomic E-state index is 3.55. The maximum atomic E-state index is 3.55. The van der Waals surface area contributed by atoms with Crippen LogP contribution in [0.1, 0.15) is 12.0 Å². The number of piperazine rings is 1. The maximum Gasteiger partial charge on any atom is 0.0235 e. The Kier molecular flexibility index (Phi) is 2.03. The molecule has 0 spiro atoms. The molecular weight excluding hydrogens is 172 g/mol. The van der Waals surface area contributed by atoms with Crippen LogP contribution < -0.4 is 5.32 Å². The Morgan fingerprint density at radius 2 is 1.79 bits per heavy atom. The van der Waals surface area contributed by atoms with Gasteiger partial charge >= 0.3 is 0 Å². The van der Waals surface area contributed by atoms with E-state index in [0.717, 1.165) is 18.6 Å². The fraction of sp³-hybridized carbons (Fsp3) is 0.500. The van der Waals surface area contributed by atoms with Crippen LogP contribution in [0.25, 0.3) is 0 Å². The van der Waals surface area contributed by atoms with Gasteiger partial charge in [0.15, 0.2) is 0 Å². The third-order valence-corrected chi connectivity index (χ3v) is 3.25. The summed E-state index contributed by atoms with van der Waals surface area (Å²) in [6.07, 6.45) is 1.39. The van der Waals surface area contributed by atoms with Crippen molar-refractivity contribution in [1.29, 1.82) is 0 Å². The average Bonchev–Trinajstić information content (AvgIpc) is 2.18. The van der Waals surface area contributed by atoms with E-state index in [-0.39, 0.29) is 0 Å². The van der Waals surface area contributed by atoms with Crippen LogP contribution in [-0.2, 0) is 6.54 Å². The number of hydrogen-bond donors (Lipinski definition) is 1. The van der Waals surface area contributed by atoms with Gasteiger partial charge in [0.25, 0.3) is 0 Å². The van der Waals surface area contributed by atoms with Gasteiger partial charge in [0, 0.05) is 31.7 Å². The summed E-state index contributed by atoms with van der Waals surface area (Å²) in [6.45, 7) is 3.58. The van der Waals surface area contributed by atoms with Crippen molar-refractivity contribution in [3.63, 3.8) is 0 Å². The highest BCUT2D eigenvalue weighted by Gasteiger charge is 2.35. The lowest BCUT2D eigenvalue weighted by Gasteiger charge is -2.48. The van der Waals surface area contributed by atoms with Crippen LogP contribution in [0, 0.1) is 0 Å². The zero-order valence-corrected chi connectivity index (χ0v) is 8.32. The Morgan fingerprint density at radius 3 is 2.43 bits per heavy atom. The minimum absolute atomic E-state index is 0.775. The Balaban J connectivity index is 1.63. The van der Waals surface area contributed by atoms with Crippen molar-refractivity contribution < 1.29 is 0 Å². The zero-order chi connectivity index (χ0) is 9.38. The van der Waals surface area contributed by atoms with Gasteiger partial charge in [0.2, 0.25) is 0 Å². The van der Waals surface area contributed by atoms with E-state index in [2.05, 4.69) is 40.5 Å². The van der Waals surface area contributed by atoms with Crippen LogP contribution in [-0.4, -0.2) is 30.1 Å². The number of nitrogens with zero attached hydrogens (tertiary/aromatic N) is 1. The third-order valence-electron chi connectivity index (χ3n) is 3.25. The van der Waals surface area contributed by atoms with Gasteiger partial charge in [0.1, 0.15) is 0 Å². The van der Waals surface area contributed by atoms with Gasteiger partial charge in [-0.1, -0.05) is 30.3 Å². The number of fused-ring (bicyclic) bond motifs is 2. The average molecular weight is 188 g/mol. The number of nitrogens with one attached hydrogen (secondary N) is 1. The van der Waals surface area contributed by atoms with Crippen molar-refractivity contribution in [2.75, 3.05) is 13.1 Å². The van der Waals surface area contributed by atoms with E-state index >= 15 is 0 Å². The van der Waals surface area contributed by atoms with Gasteiger partial charge in [0.05, 0.1) is 0 Å². The van der Waals surface area contributed by atoms with E-state index < -0.39 is 0 Å². The second kappa shape index (κ2) is 3.37. The van der Waals surface area contributed by atoms with Gasteiger partial charge in [-0.05, 0) is 12.0 Å². The molecule has 2 heteroatoms. The highest BCUT2D eigenvalue weighted by Crippen LogP contribution is 2.21. The molecule has 0 aromatic heterocycles. The molecule has 3 fully saturated rings. The van der Waals surface area contributed by atoms with E-state index in [1.54, 1.807) is 0 Å². The molecule has 2 nitrogen and oxygen atoms in total. The molecule has 0 unspecified atom stereocenters. The van der Waals surface area contributed by atoms with Crippen molar-refractivity contribution >= 4 is 0 Å². The van der Waals surface area contributed by atoms with Crippen LogP contribution in [0.4, 0.5) is 0 Å². The van der Waals surface area contributed by atoms with Crippen molar-refractivity contribution in [1.82, 2.24) is 10.2 Å². The van der Waals surface area contributed by atoms with E-state index in [1.165, 1.54) is 25.1 Å². The summed E-state index contributed by atoms with van der Waals surface area (Å²) in [4.78, 5) is 2.56. The number of piperidine rings is 1. The zero-order valence-electron chi connectivity index (χ0n) is 8.32. The molecule has 74 valence electrons. The van der Waals surface area contributed by atoms with Crippen LogP contribution in [0.5, 0.6) is 0 Å². The smallest absolute Gasteiger partial charge is 0.0235 e. The van der Waals surface area contributed by atoms with Gasteiger partial charge < -0.3 is 5.32 Å². The number of rotatable bonds is 2. The highest BCUT2D eigenvalue weighted by molar-refractivity contribution is 5.15. The molecule has 3 heterocycles. The summed E-state index contributed by atoms with van der Waals surface area (Å²) in [5.74, 6) is 0. The summed E-state index contributed by atoms with van der Waals surface area (Å²) in [5, 5.41) is 3.55. The first kappa shape index (κ1) is 8.45. The van der Waals surface area contributed by atoms with Crippen molar-refractivity contribution in [3.05, 3.63) is 35.9 Å². The van der Waals surface area contributed by atoms with Crippen LogP contribution in [0.3, 0.4) is 0 Å². The minimum atomic E-state index is 0.775. The Bertz CT molecular complexity index is 293. The summed E-state index contributed by atoms with van der Waals surface area (Å²) in [5.41, 5.74) is 1.44. The molecule has 3 aliphatic rings. The lowest BCUT2D eigenvalue weighted by molar-refractivity contribution is 0.0726. The van der Waals surface area contributed by atoms with Gasteiger partial charge in [-0.3, -0.25) is 4.90 Å². The Hall–Kier alpha value is -0.860. The lowest BCUT2D eigenvalue weighted by atomic mass is 9.91. The monoisotopic (exact) mass is 188 g/mol. The predicted molar refractivity (Wildman–Crippen MR) is 57.0 cm³/mol. The largest absolute Gasteiger partial charge is 0.309 e. The Morgan fingerprint density at radius 1 is 1.14 bits per heavy atom. The third kappa shape index (κ3) is 1.56. The van der Waals surface area contributed by atoms with Crippen LogP contribution >= 0.6 is 0 Å². The van der Waals surface area contributed by atoms with E-state index in [0.29, 0.717) is 0 Å². The molecule has 3 saturated heterocycles. The summed E-state index contributed by atoms with van der Waals surface area (Å²) in [7, 11) is 0. The molecule has 2 bridgehead atoms. The van der Waals surface area contributed by atoms with Gasteiger partial charge in [-0.15, -0.1) is 0 Å². The van der Waals surface area contributed by atoms with Gasteiger partial charge in [-0.2, -0.15) is 0 Å². The molecular formula is C12H16N2. The molecule has 1 aromatic carbocycles. The van der Waals surface area contributed by atoms with Crippen LogP contribution in [0.2, 0.25) is 0 Å². The van der Waals surface area contributed by atoms with Crippen molar-refractivity contribution in [3.8, 4) is 0 Å². The SMILES string of the molecule is c1ccc(CN2C[C@H]3C[C@H](C2)N3)cc1. The first-order valence-electron chi connectivity index (χ1n) is 5.42. The van der Waals surface area contributed by atoms with E-state index in [4.69, 9.17) is 0 Å². The Labute approximate surface area is 84.9 Å². The molecule has 2 atom stereocenters. The van der Waals surface area contributed by atoms with Crippen molar-refractivity contribution in [2.45, 2.75) is 25.0 Å². The van der Waals surface area contributed by atoms with E-state index in [1.807, 2.05) is 0 Å². The fourth-order valence-electron chi connectivity index (χ4n) is 2.58. The van der Waals surface area contributed by atoms with Crippen LogP contribution in [0.15, 0.2) is 30.3 Å². The second-order valence-corrected chi connectivity index (χ2v) is 4.48. The predicted octanol–water partition coefficient (Wildman–Crippen LogP) is 1.23. The summed E-state index contributed by atoms with van der Waals surface area (Å²) < 4.78 is 0. The highest BCUT2D eigenvalue weighted by atomic mass is 15.3. The number of benzene rings is 1. The van der Waals surface area contributed by atoms with Gasteiger partial charge in [-0.25, -0.2) is 0 Å². The second-order valence-electron chi connectivity index (χ2n) is 4.48. The molecule has 3 aliphatic heterocycles. The molecule has 4 rings (SSSR count). The molecule has 0 saturated carbocycles. The quantitative estimate of drug-likeness (QED) is 0.751. The molecule has 1 aromatic rings. The topological polar surface area (TPSA) is 15.3 Å². The molecule has 0 aliphatic carbocycles. The fourth-order valence-corrected chi connectivity index (χ4v) is 2.58. The minimum Gasteiger partial charge on any atom is -0.309 e.